The van der Waals surface area contributed by atoms with Crippen LogP contribution in [0.1, 0.15) is 23.4 Å². The highest BCUT2D eigenvalue weighted by Crippen LogP contribution is 2.20. The summed E-state index contributed by atoms with van der Waals surface area (Å²) in [6, 6.07) is 16.8. The fourth-order valence-corrected chi connectivity index (χ4v) is 3.44. The third kappa shape index (κ3) is 5.05. The average Bonchev–Trinajstić information content (AvgIpc) is 3.27. The van der Waals surface area contributed by atoms with Gasteiger partial charge in [0, 0.05) is 31.1 Å². The molecular formula is C24H22N6O4. The molecule has 34 heavy (non-hydrogen) atoms. The summed E-state index contributed by atoms with van der Waals surface area (Å²) < 4.78 is 7.07. The zero-order valence-electron chi connectivity index (χ0n) is 18.4. The molecule has 2 aromatic heterocycles. The minimum Gasteiger partial charge on any atom is -0.489 e. The molecule has 10 heteroatoms. The van der Waals surface area contributed by atoms with Crippen LogP contribution in [-0.2, 0) is 31.3 Å². The molecule has 0 unspecified atom stereocenters. The number of carbonyl (C=O) groups is 1. The smallest absolute Gasteiger partial charge is 0.329 e. The molecule has 0 radical (unpaired) electrons. The molecule has 0 saturated carbocycles. The number of benzene rings is 2. The van der Waals surface area contributed by atoms with Crippen LogP contribution in [0.15, 0.2) is 58.1 Å². The first kappa shape index (κ1) is 22.5. The second-order valence-electron chi connectivity index (χ2n) is 7.67. The number of nitrogens with one attached hydrogen (secondary N) is 3. The number of hydrogen-bond donors (Lipinski definition) is 3. The van der Waals surface area contributed by atoms with Crippen LogP contribution in [0.4, 0.5) is 5.69 Å². The number of carbonyl (C=O) groups excluding carboxylic acids is 1. The number of para-hydroxylation sites is 1. The quantitative estimate of drug-likeness (QED) is 0.369. The van der Waals surface area contributed by atoms with E-state index in [9.17, 15) is 14.4 Å². The van der Waals surface area contributed by atoms with Gasteiger partial charge in [0.2, 0.25) is 5.91 Å². The topological polar surface area (TPSA) is 146 Å². The number of ether oxygens (including phenoxy) is 1. The lowest BCUT2D eigenvalue weighted by Crippen LogP contribution is -2.28. The summed E-state index contributed by atoms with van der Waals surface area (Å²) in [5.41, 5.74) is 1.70. The van der Waals surface area contributed by atoms with E-state index in [4.69, 9.17) is 10.00 Å². The van der Waals surface area contributed by atoms with E-state index in [1.165, 1.54) is 11.6 Å². The number of nitriles is 1. The summed E-state index contributed by atoms with van der Waals surface area (Å²) in [5.74, 6) is 0.877. The molecule has 0 saturated heterocycles. The number of aromatic amines is 2. The van der Waals surface area contributed by atoms with Crippen LogP contribution in [-0.4, -0.2) is 25.4 Å². The van der Waals surface area contributed by atoms with Crippen molar-refractivity contribution in [3.8, 4) is 11.8 Å². The number of imidazole rings is 1. The van der Waals surface area contributed by atoms with Crippen LogP contribution in [0.3, 0.4) is 0 Å². The Labute approximate surface area is 193 Å². The van der Waals surface area contributed by atoms with Crippen molar-refractivity contribution in [2.75, 3.05) is 5.32 Å². The van der Waals surface area contributed by atoms with E-state index in [-0.39, 0.29) is 36.5 Å². The van der Waals surface area contributed by atoms with Crippen molar-refractivity contribution in [1.82, 2.24) is 19.5 Å². The van der Waals surface area contributed by atoms with Gasteiger partial charge in [-0.15, -0.1) is 0 Å². The summed E-state index contributed by atoms with van der Waals surface area (Å²) in [6.07, 6.45) is 0.737. The average molecular weight is 458 g/mol. The molecule has 172 valence electrons. The van der Waals surface area contributed by atoms with E-state index in [1.807, 2.05) is 42.5 Å². The molecule has 0 atom stereocenters. The predicted molar refractivity (Wildman–Crippen MR) is 125 cm³/mol. The van der Waals surface area contributed by atoms with Crippen LogP contribution < -0.4 is 21.3 Å². The lowest BCUT2D eigenvalue weighted by atomic mass is 10.1. The Morgan fingerprint density at radius 1 is 1.15 bits per heavy atom. The Morgan fingerprint density at radius 3 is 2.68 bits per heavy atom. The molecule has 3 N–H and O–H groups in total. The highest BCUT2D eigenvalue weighted by Gasteiger charge is 2.13. The summed E-state index contributed by atoms with van der Waals surface area (Å²) in [5, 5.41) is 11.7. The second-order valence-corrected chi connectivity index (χ2v) is 7.67. The Morgan fingerprint density at radius 2 is 1.91 bits per heavy atom. The largest absolute Gasteiger partial charge is 0.489 e. The van der Waals surface area contributed by atoms with Crippen LogP contribution in [0, 0.1) is 11.3 Å². The lowest BCUT2D eigenvalue weighted by molar-refractivity contribution is -0.116. The van der Waals surface area contributed by atoms with Gasteiger partial charge in [0.1, 0.15) is 23.7 Å². The van der Waals surface area contributed by atoms with Gasteiger partial charge < -0.3 is 15.0 Å². The summed E-state index contributed by atoms with van der Waals surface area (Å²) >= 11 is 0. The van der Waals surface area contributed by atoms with Gasteiger partial charge in [0.15, 0.2) is 5.65 Å². The summed E-state index contributed by atoms with van der Waals surface area (Å²) in [7, 11) is 1.51. The second kappa shape index (κ2) is 9.87. The van der Waals surface area contributed by atoms with E-state index < -0.39 is 11.2 Å². The van der Waals surface area contributed by atoms with Gasteiger partial charge in [-0.1, -0.05) is 30.3 Å². The molecule has 0 aliphatic heterocycles. The first-order valence-electron chi connectivity index (χ1n) is 10.6. The first-order valence-corrected chi connectivity index (χ1v) is 10.6. The maximum atomic E-state index is 12.6. The normalized spacial score (nSPS) is 10.7. The molecule has 10 nitrogen and oxygen atoms in total. The highest BCUT2D eigenvalue weighted by atomic mass is 16.5. The van der Waals surface area contributed by atoms with E-state index in [1.54, 1.807) is 6.07 Å². The number of fused-ring (bicyclic) bond motifs is 1. The monoisotopic (exact) mass is 458 g/mol. The number of rotatable bonds is 8. The number of aryl methyl sites for hydroxylation is 2. The highest BCUT2D eigenvalue weighted by molar-refractivity contribution is 5.91. The lowest BCUT2D eigenvalue weighted by Gasteiger charge is -2.12. The van der Waals surface area contributed by atoms with Crippen molar-refractivity contribution in [2.24, 2.45) is 7.05 Å². The fraction of sp³-hybridized carbons (Fsp3) is 0.208. The number of aromatic nitrogens is 4. The molecule has 0 spiro atoms. The summed E-state index contributed by atoms with van der Waals surface area (Å²) in [6.45, 7) is 0.258. The van der Waals surface area contributed by atoms with Gasteiger partial charge in [-0.05, 0) is 23.8 Å². The Bertz CT molecular complexity index is 1490. The molecule has 0 fully saturated rings. The molecule has 1 amide bonds. The molecular weight excluding hydrogens is 436 g/mol. The maximum Gasteiger partial charge on any atom is 0.329 e. The molecule has 2 aromatic carbocycles. The van der Waals surface area contributed by atoms with Crippen LogP contribution in [0.2, 0.25) is 0 Å². The van der Waals surface area contributed by atoms with Crippen molar-refractivity contribution < 1.29 is 9.53 Å². The number of amides is 1. The SMILES string of the molecule is Cn1c(=O)[nH]c(=O)c2[nH]c(CCC(=O)Nc3ccccc3COc3ccc(CC#N)cc3)nc21. The van der Waals surface area contributed by atoms with Crippen molar-refractivity contribution >= 4 is 22.8 Å². The molecule has 4 aromatic rings. The third-order valence-electron chi connectivity index (χ3n) is 5.28. The first-order chi connectivity index (χ1) is 16.4. The number of anilines is 1. The van der Waals surface area contributed by atoms with Gasteiger partial charge in [-0.25, -0.2) is 9.78 Å². The molecule has 4 rings (SSSR count). The van der Waals surface area contributed by atoms with Crippen LogP contribution in [0.5, 0.6) is 5.75 Å². The molecule has 2 heterocycles. The maximum absolute atomic E-state index is 12.6. The minimum absolute atomic E-state index is 0.126. The van der Waals surface area contributed by atoms with Crippen molar-refractivity contribution in [1.29, 1.82) is 5.26 Å². The van der Waals surface area contributed by atoms with Crippen LogP contribution in [0.25, 0.3) is 11.2 Å². The number of H-pyrrole nitrogens is 2. The number of hydrogen-bond acceptors (Lipinski definition) is 6. The van der Waals surface area contributed by atoms with Gasteiger partial charge in [-0.3, -0.25) is 19.1 Å². The van der Waals surface area contributed by atoms with Gasteiger partial charge in [0.25, 0.3) is 5.56 Å². The Balaban J connectivity index is 1.38. The van der Waals surface area contributed by atoms with Gasteiger partial charge >= 0.3 is 5.69 Å². The minimum atomic E-state index is -0.551. The van der Waals surface area contributed by atoms with Gasteiger partial charge in [-0.2, -0.15) is 5.26 Å². The van der Waals surface area contributed by atoms with Crippen LogP contribution >= 0.6 is 0 Å². The van der Waals surface area contributed by atoms with E-state index >= 15 is 0 Å². The molecule has 0 aliphatic carbocycles. The standard InChI is InChI=1S/C24H22N6O4/c1-30-22-21(23(32)29-24(30)33)27-19(28-22)10-11-20(31)26-18-5-3-2-4-16(18)14-34-17-8-6-15(7-9-17)12-13-25/h2-9H,10-12,14H2,1H3,(H,26,31)(H,27,28)(H,29,32,33). The van der Waals surface area contributed by atoms with Crippen molar-refractivity contribution in [2.45, 2.75) is 25.9 Å². The molecule has 0 bridgehead atoms. The zero-order chi connectivity index (χ0) is 24.1. The van der Waals surface area contributed by atoms with E-state index in [0.29, 0.717) is 23.7 Å². The Hall–Kier alpha value is -4.65. The zero-order valence-corrected chi connectivity index (χ0v) is 18.4. The number of nitrogens with zero attached hydrogens (tertiary/aromatic N) is 3. The third-order valence-corrected chi connectivity index (χ3v) is 5.28. The van der Waals surface area contributed by atoms with Crippen molar-refractivity contribution in [3.63, 3.8) is 0 Å². The van der Waals surface area contributed by atoms with Gasteiger partial charge in [0.05, 0.1) is 12.5 Å². The van der Waals surface area contributed by atoms with E-state index in [2.05, 4.69) is 26.3 Å². The van der Waals surface area contributed by atoms with E-state index in [0.717, 1.165) is 11.1 Å². The summed E-state index contributed by atoms with van der Waals surface area (Å²) in [4.78, 5) is 45.6. The van der Waals surface area contributed by atoms with Crippen molar-refractivity contribution in [3.05, 3.63) is 86.3 Å². The Kier molecular flexibility index (Phi) is 6.54. The predicted octanol–water partition coefficient (Wildman–Crippen LogP) is 2.17. The molecule has 0 aliphatic rings. The fourth-order valence-electron chi connectivity index (χ4n) is 3.44.